The molecule has 0 spiro atoms. The molecule has 70 heavy (non-hydrogen) atoms. The minimum atomic E-state index is -4.19. The van der Waals surface area contributed by atoms with Gasteiger partial charge in [-0.25, -0.2) is 22.3 Å². The van der Waals surface area contributed by atoms with Crippen LogP contribution in [0.5, 0.6) is 0 Å². The Kier molecular flexibility index (Phi) is 41.6. The summed E-state index contributed by atoms with van der Waals surface area (Å²) in [6, 6.07) is -1.35. The van der Waals surface area contributed by atoms with Gasteiger partial charge in [0.1, 0.15) is 24.4 Å². The van der Waals surface area contributed by atoms with E-state index in [0.717, 1.165) is 44.9 Å². The molecular formula is C53H98N2O13S2. The van der Waals surface area contributed by atoms with Crippen LogP contribution in [0.2, 0.25) is 0 Å². The number of aliphatic carboxylic acids is 2. The molecule has 0 saturated heterocycles. The second-order valence-corrected chi connectivity index (χ2v) is 23.1. The zero-order valence-corrected chi connectivity index (χ0v) is 46.0. The van der Waals surface area contributed by atoms with Gasteiger partial charge in [-0.05, 0) is 52.9 Å². The Balaban J connectivity index is 5.19. The summed E-state index contributed by atoms with van der Waals surface area (Å²) >= 11 is 1.21. The lowest BCUT2D eigenvalue weighted by Crippen LogP contribution is -2.43. The van der Waals surface area contributed by atoms with Crippen molar-refractivity contribution in [2.24, 2.45) is 0 Å². The Bertz CT molecular complexity index is 1510. The number of carbonyl (C=O) groups is 6. The summed E-state index contributed by atoms with van der Waals surface area (Å²) in [5, 5.41) is 20.5. The summed E-state index contributed by atoms with van der Waals surface area (Å²) in [6.45, 7) is 8.99. The van der Waals surface area contributed by atoms with Crippen LogP contribution >= 0.6 is 11.8 Å². The number of ether oxygens (including phenoxy) is 3. The molecule has 15 nitrogen and oxygen atoms in total. The quantitative estimate of drug-likeness (QED) is 0.0293. The largest absolute Gasteiger partial charge is 0.481 e. The van der Waals surface area contributed by atoms with E-state index in [1.165, 1.54) is 127 Å². The maximum absolute atomic E-state index is 13.6. The van der Waals surface area contributed by atoms with Crippen molar-refractivity contribution in [1.82, 2.24) is 9.62 Å². The van der Waals surface area contributed by atoms with E-state index in [1.54, 1.807) is 20.8 Å². The van der Waals surface area contributed by atoms with Crippen LogP contribution in [-0.4, -0.2) is 107 Å². The molecule has 0 aromatic heterocycles. The summed E-state index contributed by atoms with van der Waals surface area (Å²) in [5.74, 6) is -4.05. The van der Waals surface area contributed by atoms with E-state index in [2.05, 4.69) is 19.2 Å². The van der Waals surface area contributed by atoms with Crippen LogP contribution in [0, 0.1) is 0 Å². The lowest BCUT2D eigenvalue weighted by molar-refractivity contribution is -0.157. The van der Waals surface area contributed by atoms with Crippen molar-refractivity contribution in [3.63, 3.8) is 0 Å². The van der Waals surface area contributed by atoms with Crippen molar-refractivity contribution in [3.05, 3.63) is 0 Å². The molecule has 0 aliphatic carbocycles. The van der Waals surface area contributed by atoms with Crippen LogP contribution in [0.15, 0.2) is 0 Å². The maximum Gasteiger partial charge on any atom is 0.424 e. The lowest BCUT2D eigenvalue weighted by Gasteiger charge is -2.27. The minimum Gasteiger partial charge on any atom is -0.481 e. The van der Waals surface area contributed by atoms with Gasteiger partial charge in [0.25, 0.3) is 0 Å². The Labute approximate surface area is 428 Å². The topological polar surface area (TPSA) is 220 Å². The summed E-state index contributed by atoms with van der Waals surface area (Å²) in [7, 11) is -4.19. The Hall–Kier alpha value is -3.08. The molecule has 2 amide bonds. The van der Waals surface area contributed by atoms with Crippen molar-refractivity contribution in [2.45, 2.75) is 271 Å². The zero-order chi connectivity index (χ0) is 52.3. The number of unbranched alkanes of at least 4 members (excludes halogenated alkanes) is 26. The third kappa shape index (κ3) is 41.5. The second kappa shape index (κ2) is 43.5. The molecule has 0 radical (unpaired) electrons. The molecule has 0 aliphatic heterocycles. The van der Waals surface area contributed by atoms with Gasteiger partial charge in [-0.1, -0.05) is 174 Å². The number of hydrogen-bond acceptors (Lipinski definition) is 12. The van der Waals surface area contributed by atoms with E-state index >= 15 is 0 Å². The molecule has 0 bridgehead atoms. The number of nitrogens with one attached hydrogen (secondary N) is 1. The number of nitrogens with zero attached hydrogens (tertiary/aromatic N) is 1. The summed E-state index contributed by atoms with van der Waals surface area (Å²) in [4.78, 5) is 73.6. The van der Waals surface area contributed by atoms with Gasteiger partial charge in [0.05, 0.1) is 5.75 Å². The van der Waals surface area contributed by atoms with E-state index in [0.29, 0.717) is 17.1 Å². The van der Waals surface area contributed by atoms with Gasteiger partial charge in [0, 0.05) is 43.7 Å². The SMILES string of the molecule is CCCCCCCCCCCCCCCC(=O)OCC(CSCCS(=O)(=O)N(CCCCCC(=O)NC(CCC(=O)O)C(=O)O)C(=O)OC(C)(C)C)OC(=O)CCCCCCCCCCCCCCC. The molecule has 3 N–H and O–H groups in total. The number of carboxylic acids is 2. The van der Waals surface area contributed by atoms with E-state index in [-0.39, 0.29) is 75.1 Å². The number of rotatable bonds is 48. The van der Waals surface area contributed by atoms with Gasteiger partial charge in [0.2, 0.25) is 15.9 Å². The fraction of sp³-hybridized carbons (Fsp3) is 0.887. The fourth-order valence-electron chi connectivity index (χ4n) is 7.85. The number of esters is 2. The minimum absolute atomic E-state index is 0.0498. The van der Waals surface area contributed by atoms with Crippen LogP contribution < -0.4 is 5.32 Å². The first-order valence-electron chi connectivity index (χ1n) is 27.3. The van der Waals surface area contributed by atoms with Crippen LogP contribution in [0.1, 0.15) is 253 Å². The predicted octanol–water partition coefficient (Wildman–Crippen LogP) is 12.7. The monoisotopic (exact) mass is 1030 g/mol. The van der Waals surface area contributed by atoms with Crippen LogP contribution in [0.3, 0.4) is 0 Å². The maximum atomic E-state index is 13.6. The number of sulfonamides is 1. The molecule has 17 heteroatoms. The lowest BCUT2D eigenvalue weighted by atomic mass is 10.0. The first kappa shape index (κ1) is 66.9. The molecule has 0 rings (SSSR count). The molecule has 0 aromatic carbocycles. The second-order valence-electron chi connectivity index (χ2n) is 19.9. The van der Waals surface area contributed by atoms with Crippen LogP contribution in [0.25, 0.3) is 0 Å². The van der Waals surface area contributed by atoms with Gasteiger partial charge in [-0.3, -0.25) is 19.2 Å². The first-order chi connectivity index (χ1) is 33.4. The van der Waals surface area contributed by atoms with Gasteiger partial charge in [-0.2, -0.15) is 11.8 Å². The summed E-state index contributed by atoms with van der Waals surface area (Å²) in [5.41, 5.74) is -0.979. The highest BCUT2D eigenvalue weighted by molar-refractivity contribution is 8.00. The predicted molar refractivity (Wildman–Crippen MR) is 280 cm³/mol. The molecule has 2 unspecified atom stereocenters. The standard InChI is InChI=1S/C53H98N2O13S2/c1-6-8-10-12-14-16-18-20-22-24-26-28-32-36-49(59)66-43-45(67-50(60)37-33-29-27-25-23-21-19-17-15-13-11-9-7-2)44-69-41-42-70(64,65)55(52(63)68-53(3,4)5)40-34-30-31-35-47(56)54-46(51(61)62)38-39-48(57)58/h45-46H,6-44H2,1-5H3,(H,54,56)(H,57,58)(H,61,62). The van der Waals surface area contributed by atoms with Crippen LogP contribution in [0.4, 0.5) is 4.79 Å². The molecule has 2 atom stereocenters. The molecule has 410 valence electrons. The highest BCUT2D eigenvalue weighted by Crippen LogP contribution is 2.19. The van der Waals surface area contributed by atoms with Crippen molar-refractivity contribution >= 4 is 57.7 Å². The Morgan fingerprint density at radius 1 is 0.586 bits per heavy atom. The third-order valence-corrected chi connectivity index (χ3v) is 15.0. The van der Waals surface area contributed by atoms with Crippen LogP contribution in [-0.2, 0) is 48.2 Å². The van der Waals surface area contributed by atoms with Gasteiger partial charge >= 0.3 is 30.0 Å². The van der Waals surface area contributed by atoms with Crippen molar-refractivity contribution in [3.8, 4) is 0 Å². The van der Waals surface area contributed by atoms with Gasteiger partial charge in [0.15, 0.2) is 0 Å². The summed E-state index contributed by atoms with van der Waals surface area (Å²) in [6.07, 6.45) is 29.7. The summed E-state index contributed by atoms with van der Waals surface area (Å²) < 4.78 is 44.8. The third-order valence-electron chi connectivity index (χ3n) is 12.0. The number of carboxylic acid groups (broad SMARTS) is 2. The molecule has 0 aliphatic rings. The van der Waals surface area contributed by atoms with E-state index in [1.807, 2.05) is 0 Å². The highest BCUT2D eigenvalue weighted by Gasteiger charge is 2.31. The average Bonchev–Trinajstić information content (AvgIpc) is 3.28. The molecule has 0 fully saturated rings. The molecule has 0 aromatic rings. The smallest absolute Gasteiger partial charge is 0.424 e. The Morgan fingerprint density at radius 2 is 1.01 bits per heavy atom. The molecular weight excluding hydrogens is 937 g/mol. The van der Waals surface area contributed by atoms with E-state index in [9.17, 15) is 42.3 Å². The zero-order valence-electron chi connectivity index (χ0n) is 44.4. The van der Waals surface area contributed by atoms with E-state index in [4.69, 9.17) is 19.3 Å². The molecule has 0 heterocycles. The number of hydrogen-bond donors (Lipinski definition) is 3. The fourth-order valence-corrected chi connectivity index (χ4v) is 10.6. The van der Waals surface area contributed by atoms with E-state index < -0.39 is 63.9 Å². The van der Waals surface area contributed by atoms with Gasteiger partial charge < -0.3 is 29.7 Å². The normalized spacial score (nSPS) is 12.5. The van der Waals surface area contributed by atoms with Gasteiger partial charge in [-0.15, -0.1) is 0 Å². The highest BCUT2D eigenvalue weighted by atomic mass is 32.2. The number of thioether (sulfide) groups is 1. The van der Waals surface area contributed by atoms with Crippen molar-refractivity contribution < 1.29 is 61.6 Å². The number of carbonyl (C=O) groups excluding carboxylic acids is 4. The van der Waals surface area contributed by atoms with Crippen molar-refractivity contribution in [2.75, 3.05) is 30.4 Å². The first-order valence-corrected chi connectivity index (χ1v) is 30.1. The Morgan fingerprint density at radius 3 is 1.46 bits per heavy atom. The van der Waals surface area contributed by atoms with Crippen molar-refractivity contribution in [1.29, 1.82) is 0 Å². The number of amides is 2. The molecule has 0 saturated carbocycles. The average molecular weight is 1040 g/mol.